The number of amides is 1. The zero-order chi connectivity index (χ0) is 22.1. The van der Waals surface area contributed by atoms with Crippen molar-refractivity contribution in [2.45, 2.75) is 13.3 Å². The van der Waals surface area contributed by atoms with Gasteiger partial charge in [-0.15, -0.1) is 0 Å². The van der Waals surface area contributed by atoms with E-state index in [1.165, 1.54) is 4.57 Å². The van der Waals surface area contributed by atoms with Gasteiger partial charge in [0.15, 0.2) is 11.6 Å². The predicted molar refractivity (Wildman–Crippen MR) is 118 cm³/mol. The molecule has 1 amide bonds. The molecule has 0 aromatic carbocycles. The Hall–Kier alpha value is -3.68. The molecule has 0 atom stereocenters. The molecular formula is C23H25N5O3. The zero-order valence-corrected chi connectivity index (χ0v) is 17.8. The van der Waals surface area contributed by atoms with E-state index in [0.717, 1.165) is 17.7 Å². The van der Waals surface area contributed by atoms with E-state index < -0.39 is 0 Å². The minimum absolute atomic E-state index is 0.0687. The summed E-state index contributed by atoms with van der Waals surface area (Å²) in [6.45, 7) is 11.6. The number of likely N-dealkylation sites (tertiary alicyclic amines) is 1. The Morgan fingerprint density at radius 3 is 2.74 bits per heavy atom. The number of carbonyl (C=O) groups excluding carboxylic acids is 2. The fourth-order valence-electron chi connectivity index (χ4n) is 3.74. The molecule has 0 saturated carbocycles. The monoisotopic (exact) mass is 419 g/mol. The van der Waals surface area contributed by atoms with Gasteiger partial charge in [-0.25, -0.2) is 4.98 Å². The highest BCUT2D eigenvalue weighted by atomic mass is 16.5. The van der Waals surface area contributed by atoms with E-state index in [2.05, 4.69) is 23.1 Å². The second kappa shape index (κ2) is 8.22. The molecule has 2 aromatic rings. The third-order valence-corrected chi connectivity index (χ3v) is 5.39. The van der Waals surface area contributed by atoms with Gasteiger partial charge < -0.3 is 14.5 Å². The number of ether oxygens (including phenoxy) is 1. The Morgan fingerprint density at radius 2 is 2.06 bits per heavy atom. The highest BCUT2D eigenvalue weighted by molar-refractivity contribution is 5.95. The maximum Gasteiger partial charge on any atom is 0.258 e. The van der Waals surface area contributed by atoms with Crippen molar-refractivity contribution >= 4 is 23.3 Å². The third kappa shape index (κ3) is 3.88. The van der Waals surface area contributed by atoms with Crippen LogP contribution in [-0.2, 0) is 0 Å². The first-order chi connectivity index (χ1) is 14.9. The van der Waals surface area contributed by atoms with Crippen LogP contribution < -0.4 is 15.1 Å². The molecule has 1 saturated heterocycles. The number of hydrogen-bond acceptors (Lipinski definition) is 6. The number of aromatic nitrogens is 2. The Morgan fingerprint density at radius 1 is 1.26 bits per heavy atom. The van der Waals surface area contributed by atoms with Crippen molar-refractivity contribution in [2.24, 2.45) is 4.99 Å². The molecule has 0 unspecified atom stereocenters. The number of fused-ring (bicyclic) bond motifs is 1. The molecule has 8 nitrogen and oxygen atoms in total. The topological polar surface area (TPSA) is 80.0 Å². The summed E-state index contributed by atoms with van der Waals surface area (Å²) in [6, 6.07) is 5.41. The molecule has 160 valence electrons. The predicted octanol–water partition coefficient (Wildman–Crippen LogP) is 2.56. The molecule has 0 bridgehead atoms. The van der Waals surface area contributed by atoms with E-state index in [1.54, 1.807) is 37.3 Å². The quantitative estimate of drug-likeness (QED) is 0.564. The number of anilines is 2. The summed E-state index contributed by atoms with van der Waals surface area (Å²) in [7, 11) is 1.64. The number of allylic oxidation sites excluding steroid dienone is 1. The molecule has 0 N–H and O–H groups in total. The van der Waals surface area contributed by atoms with Gasteiger partial charge >= 0.3 is 0 Å². The van der Waals surface area contributed by atoms with Crippen LogP contribution in [0.2, 0.25) is 0 Å². The van der Waals surface area contributed by atoms with Gasteiger partial charge in [-0.3, -0.25) is 19.1 Å². The van der Waals surface area contributed by atoms with Crippen LogP contribution in [0.25, 0.3) is 0 Å². The lowest BCUT2D eigenvalue weighted by Crippen LogP contribution is -2.33. The van der Waals surface area contributed by atoms with E-state index in [1.807, 2.05) is 17.0 Å². The molecule has 8 heteroatoms. The van der Waals surface area contributed by atoms with Crippen molar-refractivity contribution in [1.29, 1.82) is 0 Å². The van der Waals surface area contributed by atoms with Gasteiger partial charge in [0, 0.05) is 49.9 Å². The molecule has 2 aromatic heterocycles. The minimum atomic E-state index is -0.208. The summed E-state index contributed by atoms with van der Waals surface area (Å²) in [5, 5.41) is 0. The Kier molecular flexibility index (Phi) is 5.46. The molecule has 4 rings (SSSR count). The molecule has 0 spiro atoms. The van der Waals surface area contributed by atoms with Crippen LogP contribution in [0.1, 0.15) is 28.5 Å². The summed E-state index contributed by atoms with van der Waals surface area (Å²) >= 11 is 0. The first-order valence-electron chi connectivity index (χ1n) is 10.1. The molecular weight excluding hydrogens is 394 g/mol. The van der Waals surface area contributed by atoms with E-state index in [-0.39, 0.29) is 11.8 Å². The van der Waals surface area contributed by atoms with Crippen molar-refractivity contribution in [2.75, 3.05) is 38.2 Å². The lowest BCUT2D eigenvalue weighted by Gasteiger charge is -2.30. The normalized spacial score (nSPS) is 16.2. The van der Waals surface area contributed by atoms with E-state index in [0.29, 0.717) is 54.4 Å². The second-order valence-corrected chi connectivity index (χ2v) is 7.69. The van der Waals surface area contributed by atoms with Crippen molar-refractivity contribution in [3.63, 3.8) is 0 Å². The van der Waals surface area contributed by atoms with Crippen LogP contribution in [0.5, 0.6) is 5.75 Å². The summed E-state index contributed by atoms with van der Waals surface area (Å²) < 4.78 is 7.28. The summed E-state index contributed by atoms with van der Waals surface area (Å²) in [4.78, 5) is 37.7. The molecule has 31 heavy (non-hydrogen) atoms. The summed E-state index contributed by atoms with van der Waals surface area (Å²) in [5.74, 6) is 0.903. The molecule has 2 aliphatic heterocycles. The number of rotatable bonds is 3. The summed E-state index contributed by atoms with van der Waals surface area (Å²) in [6.07, 6.45) is 4.10. The van der Waals surface area contributed by atoms with Crippen LogP contribution in [0, 0.1) is 0 Å². The van der Waals surface area contributed by atoms with E-state index >= 15 is 0 Å². The lowest BCUT2D eigenvalue weighted by molar-refractivity contribution is 0.0795. The van der Waals surface area contributed by atoms with Gasteiger partial charge in [-0.1, -0.05) is 18.7 Å². The average Bonchev–Trinajstić information content (AvgIpc) is 3.23. The van der Waals surface area contributed by atoms with Gasteiger partial charge in [0.25, 0.3) is 11.8 Å². The number of pyridine rings is 2. The zero-order valence-electron chi connectivity index (χ0n) is 17.8. The van der Waals surface area contributed by atoms with Crippen LogP contribution in [0.3, 0.4) is 0 Å². The van der Waals surface area contributed by atoms with Gasteiger partial charge in [0.1, 0.15) is 12.1 Å². The average molecular weight is 419 g/mol. The number of carbonyl (C=O) groups is 2. The smallest absolute Gasteiger partial charge is 0.258 e. The standard InChI is InChI=1S/C23H25N5O3/c1-15(2)22(29)28-8-6-18(12-20(28)24-4)27-9-10-31-19-11-17(13-25-21(19)27)23(30)26-7-5-16(3)14-26/h6,8,11-13H,1,3,5,7,9-10,14H2,2,4H3/b24-20-. The van der Waals surface area contributed by atoms with E-state index in [9.17, 15) is 9.59 Å². The largest absolute Gasteiger partial charge is 0.488 e. The Labute approximate surface area is 180 Å². The van der Waals surface area contributed by atoms with Crippen LogP contribution in [-0.4, -0.2) is 59.6 Å². The maximum atomic E-state index is 12.8. The maximum absolute atomic E-state index is 12.8. The minimum Gasteiger partial charge on any atom is -0.488 e. The van der Waals surface area contributed by atoms with Crippen LogP contribution in [0.15, 0.2) is 59.9 Å². The van der Waals surface area contributed by atoms with Crippen molar-refractivity contribution < 1.29 is 14.3 Å². The fourth-order valence-corrected chi connectivity index (χ4v) is 3.74. The van der Waals surface area contributed by atoms with Crippen molar-refractivity contribution in [3.05, 3.63) is 65.9 Å². The first-order valence-corrected chi connectivity index (χ1v) is 10.1. The lowest BCUT2D eigenvalue weighted by atomic mass is 10.2. The highest BCUT2D eigenvalue weighted by Crippen LogP contribution is 2.35. The Bertz CT molecular complexity index is 1160. The van der Waals surface area contributed by atoms with Gasteiger partial charge in [0.2, 0.25) is 0 Å². The fraction of sp³-hybridized carbons (Fsp3) is 0.304. The number of hydrogen-bond donors (Lipinski definition) is 0. The Balaban J connectivity index is 1.66. The van der Waals surface area contributed by atoms with Gasteiger partial charge in [0.05, 0.1) is 12.1 Å². The van der Waals surface area contributed by atoms with Crippen LogP contribution in [0.4, 0.5) is 11.5 Å². The molecule has 4 heterocycles. The SMILES string of the molecule is C=C1CCN(C(=O)c2cnc3c(c2)OCCN3c2ccn(C(=O)C(=C)C)/c(=N\C)c2)C1. The molecule has 0 aliphatic carbocycles. The molecule has 2 aliphatic rings. The molecule has 0 radical (unpaired) electrons. The van der Waals surface area contributed by atoms with Crippen LogP contribution >= 0.6 is 0 Å². The number of nitrogens with zero attached hydrogens (tertiary/aromatic N) is 5. The van der Waals surface area contributed by atoms with Gasteiger partial charge in [-0.2, -0.15) is 0 Å². The van der Waals surface area contributed by atoms with E-state index in [4.69, 9.17) is 4.74 Å². The second-order valence-electron chi connectivity index (χ2n) is 7.69. The van der Waals surface area contributed by atoms with Crippen molar-refractivity contribution in [1.82, 2.24) is 14.5 Å². The molecule has 1 fully saturated rings. The van der Waals surface area contributed by atoms with Gasteiger partial charge in [-0.05, 0) is 25.5 Å². The summed E-state index contributed by atoms with van der Waals surface area (Å²) in [5.41, 5.74) is 3.33. The highest BCUT2D eigenvalue weighted by Gasteiger charge is 2.26. The third-order valence-electron chi connectivity index (χ3n) is 5.39. The van der Waals surface area contributed by atoms with Crippen molar-refractivity contribution in [3.8, 4) is 5.75 Å². The first kappa shape index (κ1) is 20.6.